The zero-order valence-electron chi connectivity index (χ0n) is 14.9. The topological polar surface area (TPSA) is 56.8 Å². The van der Waals surface area contributed by atoms with E-state index in [0.717, 1.165) is 17.5 Å². The lowest BCUT2D eigenvalue weighted by molar-refractivity contribution is -0.127. The summed E-state index contributed by atoms with van der Waals surface area (Å²) in [5.74, 6) is 1.64. The first-order chi connectivity index (χ1) is 12.5. The molecule has 2 aromatic rings. The smallest absolute Gasteiger partial charge is 0.261 e. The summed E-state index contributed by atoms with van der Waals surface area (Å²) in [6.45, 7) is 5.21. The van der Waals surface area contributed by atoms with E-state index < -0.39 is 6.10 Å². The highest BCUT2D eigenvalue weighted by Gasteiger charge is 2.18. The Morgan fingerprint density at radius 1 is 1.23 bits per heavy atom. The number of carbonyl (C=O) groups is 1. The van der Waals surface area contributed by atoms with Crippen LogP contribution in [0.3, 0.4) is 0 Å². The number of fused-ring (bicyclic) bond motifs is 1. The Morgan fingerprint density at radius 2 is 1.96 bits per heavy atom. The molecule has 1 N–H and O–H groups in total. The van der Waals surface area contributed by atoms with Gasteiger partial charge in [0.1, 0.15) is 5.75 Å². The van der Waals surface area contributed by atoms with Crippen molar-refractivity contribution in [1.29, 1.82) is 0 Å². The van der Waals surface area contributed by atoms with Gasteiger partial charge in [0.15, 0.2) is 17.6 Å². The lowest BCUT2D eigenvalue weighted by Gasteiger charge is -2.16. The largest absolute Gasteiger partial charge is 0.489 e. The van der Waals surface area contributed by atoms with Crippen molar-refractivity contribution < 1.29 is 19.0 Å². The first kappa shape index (κ1) is 18.4. The number of carbonyl (C=O) groups excluding carboxylic acids is 1. The van der Waals surface area contributed by atoms with Gasteiger partial charge in [-0.25, -0.2) is 0 Å². The summed E-state index contributed by atoms with van der Waals surface area (Å²) >= 11 is 6.28. The average Bonchev–Trinajstić information content (AvgIpc) is 2.87. The Bertz CT molecular complexity index is 776. The molecule has 0 spiro atoms. The third-order valence-electron chi connectivity index (χ3n) is 4.03. The van der Waals surface area contributed by atoms with E-state index in [-0.39, 0.29) is 5.91 Å². The fourth-order valence-corrected chi connectivity index (χ4v) is 2.88. The maximum atomic E-state index is 12.3. The van der Waals surface area contributed by atoms with Gasteiger partial charge in [-0.05, 0) is 43.7 Å². The summed E-state index contributed by atoms with van der Waals surface area (Å²) in [7, 11) is 0. The van der Waals surface area contributed by atoms with E-state index in [2.05, 4.69) is 5.32 Å². The normalized spacial score (nSPS) is 14.3. The molecule has 1 aliphatic rings. The van der Waals surface area contributed by atoms with E-state index in [1.54, 1.807) is 13.0 Å². The molecule has 0 fully saturated rings. The van der Waals surface area contributed by atoms with Crippen molar-refractivity contribution in [2.24, 2.45) is 0 Å². The van der Waals surface area contributed by atoms with Gasteiger partial charge in [-0.3, -0.25) is 4.79 Å². The van der Waals surface area contributed by atoms with E-state index in [4.69, 9.17) is 25.8 Å². The fraction of sp³-hybridized carbons (Fsp3) is 0.350. The Kier molecular flexibility index (Phi) is 5.89. The van der Waals surface area contributed by atoms with Crippen molar-refractivity contribution in [1.82, 2.24) is 5.32 Å². The van der Waals surface area contributed by atoms with Gasteiger partial charge in [0.2, 0.25) is 0 Å². The molecule has 1 atom stereocenters. The first-order valence-electron chi connectivity index (χ1n) is 8.62. The van der Waals surface area contributed by atoms with Gasteiger partial charge in [-0.15, -0.1) is 0 Å². The number of hydrogen-bond acceptors (Lipinski definition) is 4. The molecule has 1 amide bonds. The minimum atomic E-state index is -0.603. The Balaban J connectivity index is 1.59. The second-order valence-corrected chi connectivity index (χ2v) is 6.65. The van der Waals surface area contributed by atoms with Gasteiger partial charge in [-0.1, -0.05) is 29.3 Å². The third kappa shape index (κ3) is 4.61. The van der Waals surface area contributed by atoms with Crippen LogP contribution in [0.2, 0.25) is 5.02 Å². The van der Waals surface area contributed by atoms with Crippen LogP contribution in [0.5, 0.6) is 17.2 Å². The van der Waals surface area contributed by atoms with Crippen molar-refractivity contribution in [3.8, 4) is 17.2 Å². The van der Waals surface area contributed by atoms with E-state index >= 15 is 0 Å². The maximum absolute atomic E-state index is 12.3. The summed E-state index contributed by atoms with van der Waals surface area (Å²) in [5.41, 5.74) is 1.98. The number of hydrogen-bond donors (Lipinski definition) is 1. The summed E-state index contributed by atoms with van der Waals surface area (Å²) in [5, 5.41) is 3.34. The van der Waals surface area contributed by atoms with Crippen LogP contribution >= 0.6 is 11.6 Å². The molecule has 0 saturated carbocycles. The monoisotopic (exact) mass is 375 g/mol. The highest BCUT2D eigenvalue weighted by atomic mass is 35.5. The predicted molar refractivity (Wildman–Crippen MR) is 100 cm³/mol. The van der Waals surface area contributed by atoms with Crippen LogP contribution in [0.25, 0.3) is 0 Å². The number of rotatable bonds is 5. The van der Waals surface area contributed by atoms with E-state index in [9.17, 15) is 4.79 Å². The quantitative estimate of drug-likeness (QED) is 0.861. The second kappa shape index (κ2) is 8.32. The van der Waals surface area contributed by atoms with Gasteiger partial charge in [-0.2, -0.15) is 0 Å². The molecular formula is C20H22ClNO4. The standard InChI is InChI=1S/C20H22ClNO4/c1-13-4-6-16(7-5-13)26-14(2)20(23)22-12-15-10-17(21)19-18(11-15)24-8-3-9-25-19/h4-7,10-11,14H,3,8-9,12H2,1-2H3,(H,22,23). The molecule has 0 saturated heterocycles. The first-order valence-corrected chi connectivity index (χ1v) is 9.00. The Labute approximate surface area is 158 Å². The molecule has 0 aliphatic carbocycles. The molecule has 1 heterocycles. The van der Waals surface area contributed by atoms with Gasteiger partial charge < -0.3 is 19.5 Å². The molecule has 0 aromatic heterocycles. The Morgan fingerprint density at radius 3 is 2.73 bits per heavy atom. The van der Waals surface area contributed by atoms with Crippen molar-refractivity contribution >= 4 is 17.5 Å². The average molecular weight is 376 g/mol. The van der Waals surface area contributed by atoms with Crippen LogP contribution in [0, 0.1) is 6.92 Å². The highest BCUT2D eigenvalue weighted by molar-refractivity contribution is 6.32. The van der Waals surface area contributed by atoms with Crippen molar-refractivity contribution in [3.05, 3.63) is 52.5 Å². The molecule has 1 unspecified atom stereocenters. The van der Waals surface area contributed by atoms with Gasteiger partial charge in [0.25, 0.3) is 5.91 Å². The molecule has 0 bridgehead atoms. The molecule has 5 nitrogen and oxygen atoms in total. The molecule has 26 heavy (non-hydrogen) atoms. The second-order valence-electron chi connectivity index (χ2n) is 6.25. The van der Waals surface area contributed by atoms with Crippen LogP contribution in [0.4, 0.5) is 0 Å². The minimum absolute atomic E-state index is 0.200. The summed E-state index contributed by atoms with van der Waals surface area (Å²) < 4.78 is 16.9. The minimum Gasteiger partial charge on any atom is -0.489 e. The van der Waals surface area contributed by atoms with Gasteiger partial charge in [0, 0.05) is 13.0 Å². The number of ether oxygens (including phenoxy) is 3. The molecule has 1 aliphatic heterocycles. The molecule has 138 valence electrons. The van der Waals surface area contributed by atoms with Crippen molar-refractivity contribution in [2.75, 3.05) is 13.2 Å². The van der Waals surface area contributed by atoms with Crippen molar-refractivity contribution in [3.63, 3.8) is 0 Å². The van der Waals surface area contributed by atoms with Crippen LogP contribution in [0.15, 0.2) is 36.4 Å². The van der Waals surface area contributed by atoms with Crippen LogP contribution < -0.4 is 19.5 Å². The van der Waals surface area contributed by atoms with Crippen LogP contribution in [0.1, 0.15) is 24.5 Å². The molecule has 3 rings (SSSR count). The van der Waals surface area contributed by atoms with Crippen LogP contribution in [-0.2, 0) is 11.3 Å². The third-order valence-corrected chi connectivity index (χ3v) is 4.31. The number of aryl methyl sites for hydroxylation is 1. The number of nitrogens with one attached hydrogen (secondary N) is 1. The number of amides is 1. The van der Waals surface area contributed by atoms with Gasteiger partial charge >= 0.3 is 0 Å². The van der Waals surface area contributed by atoms with E-state index in [1.807, 2.05) is 37.3 Å². The summed E-state index contributed by atoms with van der Waals surface area (Å²) in [6, 6.07) is 11.2. The maximum Gasteiger partial charge on any atom is 0.261 e. The Hall–Kier alpha value is -2.40. The highest BCUT2D eigenvalue weighted by Crippen LogP contribution is 2.37. The van der Waals surface area contributed by atoms with Crippen LogP contribution in [-0.4, -0.2) is 25.2 Å². The lowest BCUT2D eigenvalue weighted by Crippen LogP contribution is -2.35. The number of benzene rings is 2. The SMILES string of the molecule is Cc1ccc(OC(C)C(=O)NCc2cc(Cl)c3c(c2)OCCCO3)cc1. The zero-order valence-corrected chi connectivity index (χ0v) is 15.6. The molecular weight excluding hydrogens is 354 g/mol. The number of halogens is 1. The summed E-state index contributed by atoms with van der Waals surface area (Å²) in [4.78, 5) is 12.3. The molecule has 0 radical (unpaired) electrons. The predicted octanol–water partition coefficient (Wildman–Crippen LogP) is 3.89. The van der Waals surface area contributed by atoms with Crippen molar-refractivity contribution in [2.45, 2.75) is 32.9 Å². The van der Waals surface area contributed by atoms with E-state index in [1.165, 1.54) is 0 Å². The zero-order chi connectivity index (χ0) is 18.5. The van der Waals surface area contributed by atoms with Gasteiger partial charge in [0.05, 0.1) is 18.2 Å². The van der Waals surface area contributed by atoms with E-state index in [0.29, 0.717) is 42.0 Å². The fourth-order valence-electron chi connectivity index (χ4n) is 2.59. The molecule has 2 aromatic carbocycles. The molecule has 6 heteroatoms. The lowest BCUT2D eigenvalue weighted by atomic mass is 10.2. The summed E-state index contributed by atoms with van der Waals surface area (Å²) in [6.07, 6.45) is 0.207.